The molecule has 0 saturated carbocycles. The third kappa shape index (κ3) is 5.03. The molecule has 1 N–H and O–H groups in total. The van der Waals surface area contributed by atoms with Gasteiger partial charge in [-0.15, -0.1) is 11.8 Å². The van der Waals surface area contributed by atoms with E-state index in [1.165, 1.54) is 11.8 Å². The first-order chi connectivity index (χ1) is 12.5. The first-order valence-corrected chi connectivity index (χ1v) is 10.7. The van der Waals surface area contributed by atoms with Gasteiger partial charge in [-0.3, -0.25) is 0 Å². The van der Waals surface area contributed by atoms with Crippen molar-refractivity contribution in [2.45, 2.75) is 44.7 Å². The predicted molar refractivity (Wildman–Crippen MR) is 113 cm³/mol. The largest absolute Gasteiger partial charge is 0.381 e. The Balaban J connectivity index is 2.26. The van der Waals surface area contributed by atoms with Gasteiger partial charge in [-0.1, -0.05) is 25.4 Å². The van der Waals surface area contributed by atoms with Crippen molar-refractivity contribution in [3.8, 4) is 6.07 Å². The minimum atomic E-state index is 0.261. The molecule has 140 valence electrons. The lowest BCUT2D eigenvalue weighted by Gasteiger charge is -2.22. The van der Waals surface area contributed by atoms with Gasteiger partial charge in [0, 0.05) is 16.5 Å². The molecule has 6 heteroatoms. The molecule has 26 heavy (non-hydrogen) atoms. The molecule has 0 aliphatic carbocycles. The lowest BCUT2D eigenvalue weighted by atomic mass is 10.1. The smallest absolute Gasteiger partial charge is 0.116 e. The number of thioether (sulfide) groups is 1. The van der Waals surface area contributed by atoms with Crippen molar-refractivity contribution in [3.05, 3.63) is 28.8 Å². The molecule has 1 atom stereocenters. The van der Waals surface area contributed by atoms with Crippen LogP contribution in [0.4, 0.5) is 5.69 Å². The number of nitrogens with zero attached hydrogens (tertiary/aromatic N) is 3. The van der Waals surface area contributed by atoms with Gasteiger partial charge in [-0.05, 0) is 63.9 Å². The monoisotopic (exact) mass is 390 g/mol. The normalized spacial score (nSPS) is 12.3. The average Bonchev–Trinajstić information content (AvgIpc) is 2.65. The van der Waals surface area contributed by atoms with E-state index in [0.29, 0.717) is 10.6 Å². The fraction of sp³-hybridized carbons (Fsp3) is 0.500. The fourth-order valence-electron chi connectivity index (χ4n) is 3.09. The number of hydrogen-bond acceptors (Lipinski definition) is 5. The zero-order chi connectivity index (χ0) is 19.1. The van der Waals surface area contributed by atoms with Crippen LogP contribution in [0.3, 0.4) is 0 Å². The van der Waals surface area contributed by atoms with Crippen molar-refractivity contribution in [1.82, 2.24) is 9.88 Å². The lowest BCUT2D eigenvalue weighted by Crippen LogP contribution is -2.25. The van der Waals surface area contributed by atoms with E-state index in [0.717, 1.165) is 54.1 Å². The third-order valence-electron chi connectivity index (χ3n) is 4.62. The van der Waals surface area contributed by atoms with Gasteiger partial charge < -0.3 is 10.2 Å². The summed E-state index contributed by atoms with van der Waals surface area (Å²) in [5.41, 5.74) is 2.30. The van der Waals surface area contributed by atoms with Crippen molar-refractivity contribution < 1.29 is 0 Å². The molecule has 0 fully saturated rings. The molecule has 0 bridgehead atoms. The van der Waals surface area contributed by atoms with Gasteiger partial charge in [-0.25, -0.2) is 4.98 Å². The number of rotatable bonds is 9. The molecule has 0 aliphatic rings. The van der Waals surface area contributed by atoms with Crippen molar-refractivity contribution in [1.29, 1.82) is 5.26 Å². The quantitative estimate of drug-likeness (QED) is 0.580. The molecule has 0 spiro atoms. The van der Waals surface area contributed by atoms with Crippen molar-refractivity contribution in [2.75, 3.05) is 31.2 Å². The van der Waals surface area contributed by atoms with E-state index in [9.17, 15) is 5.26 Å². The minimum Gasteiger partial charge on any atom is -0.381 e. The first kappa shape index (κ1) is 20.8. The number of halogens is 1. The summed E-state index contributed by atoms with van der Waals surface area (Å²) in [7, 11) is 0. The van der Waals surface area contributed by atoms with E-state index >= 15 is 0 Å². The molecule has 0 saturated heterocycles. The Morgan fingerprint density at radius 1 is 1.35 bits per heavy atom. The third-order valence-corrected chi connectivity index (χ3v) is 5.53. The predicted octanol–water partition coefficient (Wildman–Crippen LogP) is 5.40. The zero-order valence-electron chi connectivity index (χ0n) is 16.0. The van der Waals surface area contributed by atoms with Crippen LogP contribution >= 0.6 is 23.4 Å². The van der Waals surface area contributed by atoms with Gasteiger partial charge in [-0.2, -0.15) is 5.26 Å². The van der Waals surface area contributed by atoms with Crippen LogP contribution in [0.1, 0.15) is 39.2 Å². The van der Waals surface area contributed by atoms with Crippen molar-refractivity contribution >= 4 is 40.0 Å². The summed E-state index contributed by atoms with van der Waals surface area (Å²) in [6.07, 6.45) is 4.11. The second kappa shape index (κ2) is 10.0. The highest BCUT2D eigenvalue weighted by atomic mass is 35.5. The standard InChI is InChI=1S/C20H27ClN4S/c1-5-25(6-2)11-7-8-14(3)23-19-16-12-15(21)9-10-18(16)24-20(26-4)17(19)13-22/h9-10,12,14H,5-8,11H2,1-4H3,(H,23,24)/t14-/m1/s1. The van der Waals surface area contributed by atoms with E-state index in [1.807, 2.05) is 24.5 Å². The summed E-state index contributed by atoms with van der Waals surface area (Å²) in [6.45, 7) is 9.83. The summed E-state index contributed by atoms with van der Waals surface area (Å²) < 4.78 is 0. The number of nitrogens with one attached hydrogen (secondary N) is 1. The Bertz CT molecular complexity index is 783. The summed E-state index contributed by atoms with van der Waals surface area (Å²) in [6, 6.07) is 8.23. The Morgan fingerprint density at radius 2 is 2.08 bits per heavy atom. The summed E-state index contributed by atoms with van der Waals surface area (Å²) in [4.78, 5) is 7.05. The Hall–Kier alpha value is -1.48. The lowest BCUT2D eigenvalue weighted by molar-refractivity contribution is 0.295. The molecule has 0 radical (unpaired) electrons. The second-order valence-corrected chi connectivity index (χ2v) is 7.59. The number of pyridine rings is 1. The highest BCUT2D eigenvalue weighted by Crippen LogP contribution is 2.34. The van der Waals surface area contributed by atoms with Crippen LogP contribution in [0.5, 0.6) is 0 Å². The van der Waals surface area contributed by atoms with Crippen LogP contribution in [0.15, 0.2) is 23.2 Å². The Labute approximate surface area is 165 Å². The molecule has 1 heterocycles. The number of benzene rings is 1. The SMILES string of the molecule is CCN(CC)CCC[C@@H](C)Nc1c(C#N)c(SC)nc2ccc(Cl)cc12. The van der Waals surface area contributed by atoms with Gasteiger partial charge in [0.1, 0.15) is 16.7 Å². The van der Waals surface area contributed by atoms with Crippen LogP contribution in [-0.4, -0.2) is 41.8 Å². The van der Waals surface area contributed by atoms with Gasteiger partial charge in [0.25, 0.3) is 0 Å². The van der Waals surface area contributed by atoms with Gasteiger partial charge in [0.2, 0.25) is 0 Å². The maximum atomic E-state index is 9.70. The number of anilines is 1. The molecule has 0 amide bonds. The van der Waals surface area contributed by atoms with E-state index in [1.54, 1.807) is 0 Å². The van der Waals surface area contributed by atoms with Crippen LogP contribution in [0.25, 0.3) is 10.9 Å². The molecular weight excluding hydrogens is 364 g/mol. The molecule has 4 nitrogen and oxygen atoms in total. The number of hydrogen-bond donors (Lipinski definition) is 1. The average molecular weight is 391 g/mol. The van der Waals surface area contributed by atoms with Crippen LogP contribution in [0, 0.1) is 11.3 Å². The van der Waals surface area contributed by atoms with Crippen LogP contribution in [0.2, 0.25) is 5.02 Å². The number of nitriles is 1. The van der Waals surface area contributed by atoms with Gasteiger partial charge in [0.15, 0.2) is 0 Å². The molecule has 0 unspecified atom stereocenters. The van der Waals surface area contributed by atoms with Crippen molar-refractivity contribution in [3.63, 3.8) is 0 Å². The zero-order valence-corrected chi connectivity index (χ0v) is 17.5. The van der Waals surface area contributed by atoms with E-state index in [2.05, 4.69) is 42.0 Å². The van der Waals surface area contributed by atoms with Gasteiger partial charge in [0.05, 0.1) is 11.2 Å². The summed E-state index contributed by atoms with van der Waals surface area (Å²) in [5.74, 6) is 0. The molecule has 0 aliphatic heterocycles. The highest BCUT2D eigenvalue weighted by molar-refractivity contribution is 7.98. The van der Waals surface area contributed by atoms with E-state index in [4.69, 9.17) is 11.6 Å². The fourth-order valence-corrected chi connectivity index (χ4v) is 3.81. The number of aromatic nitrogens is 1. The molecular formula is C20H27ClN4S. The van der Waals surface area contributed by atoms with Gasteiger partial charge >= 0.3 is 0 Å². The molecule has 1 aromatic heterocycles. The highest BCUT2D eigenvalue weighted by Gasteiger charge is 2.17. The van der Waals surface area contributed by atoms with E-state index in [-0.39, 0.29) is 6.04 Å². The first-order valence-electron chi connectivity index (χ1n) is 9.10. The van der Waals surface area contributed by atoms with Crippen molar-refractivity contribution in [2.24, 2.45) is 0 Å². The molecule has 1 aromatic carbocycles. The summed E-state index contributed by atoms with van der Waals surface area (Å²) in [5, 5.41) is 15.6. The molecule has 2 aromatic rings. The minimum absolute atomic E-state index is 0.261. The van der Waals surface area contributed by atoms with Crippen LogP contribution < -0.4 is 5.32 Å². The second-order valence-electron chi connectivity index (χ2n) is 6.36. The maximum Gasteiger partial charge on any atom is 0.116 e. The Kier molecular flexibility index (Phi) is 8.02. The number of fused-ring (bicyclic) bond motifs is 1. The topological polar surface area (TPSA) is 52.0 Å². The Morgan fingerprint density at radius 3 is 2.69 bits per heavy atom. The maximum absolute atomic E-state index is 9.70. The van der Waals surface area contributed by atoms with Crippen LogP contribution in [-0.2, 0) is 0 Å². The van der Waals surface area contributed by atoms with E-state index < -0.39 is 0 Å². The molecule has 2 rings (SSSR count). The summed E-state index contributed by atoms with van der Waals surface area (Å²) >= 11 is 7.69.